The van der Waals surface area contributed by atoms with E-state index >= 15 is 0 Å². The van der Waals surface area contributed by atoms with Crippen LogP contribution in [-0.2, 0) is 26.8 Å². The van der Waals surface area contributed by atoms with E-state index < -0.39 is 0 Å². The molecule has 1 aliphatic rings. The molecule has 0 radical (unpaired) electrons. The lowest BCUT2D eigenvalue weighted by molar-refractivity contribution is 0.375. The lowest BCUT2D eigenvalue weighted by atomic mass is 9.68. The van der Waals surface area contributed by atoms with Gasteiger partial charge in [0.1, 0.15) is 0 Å². The molecular weight excluding hydrogens is 348 g/mol. The van der Waals surface area contributed by atoms with E-state index in [9.17, 15) is 9.59 Å². The molecule has 0 amide bonds. The molecule has 2 aromatic carbocycles. The van der Waals surface area contributed by atoms with Crippen LogP contribution in [-0.4, -0.2) is 12.2 Å². The number of carbonyl (C=O) groups excluding carboxylic acids is 2. The van der Waals surface area contributed by atoms with Crippen molar-refractivity contribution < 1.29 is 9.59 Å². The van der Waals surface area contributed by atoms with Gasteiger partial charge in [-0.1, -0.05) is 46.2 Å². The van der Waals surface area contributed by atoms with Crippen molar-refractivity contribution in [2.24, 2.45) is 9.98 Å². The second kappa shape index (κ2) is 7.67. The van der Waals surface area contributed by atoms with Gasteiger partial charge in [0, 0.05) is 5.41 Å². The summed E-state index contributed by atoms with van der Waals surface area (Å²) in [6, 6.07) is 12.1. The van der Waals surface area contributed by atoms with Crippen molar-refractivity contribution in [3.63, 3.8) is 0 Å². The molecule has 0 aliphatic heterocycles. The number of benzene rings is 2. The molecule has 1 atom stereocenters. The van der Waals surface area contributed by atoms with E-state index in [-0.39, 0.29) is 10.8 Å². The maximum atomic E-state index is 10.8. The van der Waals surface area contributed by atoms with Gasteiger partial charge in [-0.3, -0.25) is 0 Å². The number of aliphatic imine (C=N–C) groups is 2. The Morgan fingerprint density at radius 3 is 2.07 bits per heavy atom. The minimum Gasteiger partial charge on any atom is -0.211 e. The molecule has 4 nitrogen and oxygen atoms in total. The van der Waals surface area contributed by atoms with Gasteiger partial charge < -0.3 is 0 Å². The largest absolute Gasteiger partial charge is 0.240 e. The smallest absolute Gasteiger partial charge is 0.211 e. The molecule has 0 fully saturated rings. The molecule has 0 saturated carbocycles. The van der Waals surface area contributed by atoms with Crippen LogP contribution in [0.2, 0.25) is 0 Å². The Labute approximate surface area is 166 Å². The van der Waals surface area contributed by atoms with Gasteiger partial charge in [0.15, 0.2) is 0 Å². The first kappa shape index (κ1) is 19.9. The maximum absolute atomic E-state index is 10.8. The molecule has 4 heteroatoms. The highest BCUT2D eigenvalue weighted by Gasteiger charge is 2.48. The van der Waals surface area contributed by atoms with E-state index in [0.717, 1.165) is 25.7 Å². The lowest BCUT2D eigenvalue weighted by Crippen LogP contribution is -2.28. The van der Waals surface area contributed by atoms with Gasteiger partial charge in [0.2, 0.25) is 12.2 Å². The molecule has 0 bridgehead atoms. The van der Waals surface area contributed by atoms with Crippen molar-refractivity contribution in [2.45, 2.75) is 64.2 Å². The molecule has 3 rings (SSSR count). The van der Waals surface area contributed by atoms with Crippen molar-refractivity contribution in [2.75, 3.05) is 0 Å². The zero-order valence-corrected chi connectivity index (χ0v) is 17.0. The fraction of sp³-hybridized carbons (Fsp3) is 0.417. The first-order chi connectivity index (χ1) is 13.4. The molecule has 0 spiro atoms. The van der Waals surface area contributed by atoms with E-state index in [4.69, 9.17) is 0 Å². The number of hydrogen-bond donors (Lipinski definition) is 0. The quantitative estimate of drug-likeness (QED) is 0.463. The van der Waals surface area contributed by atoms with Gasteiger partial charge in [-0.15, -0.1) is 0 Å². The summed E-state index contributed by atoms with van der Waals surface area (Å²) in [5, 5.41) is 0. The van der Waals surface area contributed by atoms with Gasteiger partial charge >= 0.3 is 0 Å². The molecule has 0 heterocycles. The Kier molecular flexibility index (Phi) is 5.47. The Morgan fingerprint density at radius 2 is 1.50 bits per heavy atom. The Balaban J connectivity index is 2.33. The van der Waals surface area contributed by atoms with Gasteiger partial charge in [-0.25, -0.2) is 9.59 Å². The average molecular weight is 374 g/mol. The number of hydrogen-bond acceptors (Lipinski definition) is 4. The van der Waals surface area contributed by atoms with Crippen molar-refractivity contribution in [1.29, 1.82) is 0 Å². The third-order valence-corrected chi connectivity index (χ3v) is 6.01. The summed E-state index contributed by atoms with van der Waals surface area (Å²) in [5.41, 5.74) is 6.10. The van der Waals surface area contributed by atoms with Crippen LogP contribution in [0.4, 0.5) is 11.4 Å². The van der Waals surface area contributed by atoms with E-state index in [1.807, 2.05) is 18.2 Å². The van der Waals surface area contributed by atoms with Crippen molar-refractivity contribution in [3.05, 3.63) is 58.7 Å². The molecular formula is C24H26N2O2. The number of aryl methyl sites for hydroxylation is 1. The second-order valence-corrected chi connectivity index (χ2v) is 8.22. The normalized spacial score (nSPS) is 19.4. The van der Waals surface area contributed by atoms with Crippen molar-refractivity contribution >= 4 is 23.5 Å². The van der Waals surface area contributed by atoms with Gasteiger partial charge in [0.05, 0.1) is 11.4 Å². The summed E-state index contributed by atoms with van der Waals surface area (Å²) >= 11 is 0. The molecule has 1 aliphatic carbocycles. The van der Waals surface area contributed by atoms with Crippen LogP contribution in [0.3, 0.4) is 0 Å². The zero-order valence-electron chi connectivity index (χ0n) is 17.0. The summed E-state index contributed by atoms with van der Waals surface area (Å²) in [7, 11) is 0. The third kappa shape index (κ3) is 3.26. The molecule has 0 saturated heterocycles. The Morgan fingerprint density at radius 1 is 0.893 bits per heavy atom. The van der Waals surface area contributed by atoms with Crippen LogP contribution in [0.25, 0.3) is 0 Å². The highest BCUT2D eigenvalue weighted by atomic mass is 16.1. The van der Waals surface area contributed by atoms with Crippen LogP contribution >= 0.6 is 0 Å². The minimum absolute atomic E-state index is 0.0616. The molecule has 2 aromatic rings. The molecule has 1 unspecified atom stereocenters. The fourth-order valence-electron chi connectivity index (χ4n) is 5.04. The predicted octanol–water partition coefficient (Wildman–Crippen LogP) is 5.95. The van der Waals surface area contributed by atoms with Crippen LogP contribution in [0, 0.1) is 0 Å². The highest BCUT2D eigenvalue weighted by molar-refractivity contribution is 5.62. The van der Waals surface area contributed by atoms with Crippen molar-refractivity contribution in [1.82, 2.24) is 0 Å². The van der Waals surface area contributed by atoms with Gasteiger partial charge in [-0.2, -0.15) is 9.98 Å². The number of isocyanates is 2. The van der Waals surface area contributed by atoms with Crippen molar-refractivity contribution in [3.8, 4) is 0 Å². The fourth-order valence-corrected chi connectivity index (χ4v) is 5.04. The minimum atomic E-state index is -0.156. The van der Waals surface area contributed by atoms with E-state index in [1.165, 1.54) is 22.3 Å². The molecule has 28 heavy (non-hydrogen) atoms. The SMILES string of the molecule is CCCC1(c2cc(N=C=O)ccc2CC)CC(C)(C)c2cc(N=C=O)ccc21. The van der Waals surface area contributed by atoms with Crippen LogP contribution in [0.5, 0.6) is 0 Å². The highest BCUT2D eigenvalue weighted by Crippen LogP contribution is 2.56. The van der Waals surface area contributed by atoms with E-state index in [2.05, 4.69) is 55.9 Å². The second-order valence-electron chi connectivity index (χ2n) is 8.22. The van der Waals surface area contributed by atoms with Gasteiger partial charge in [-0.05, 0) is 71.2 Å². The summed E-state index contributed by atoms with van der Waals surface area (Å²) in [4.78, 5) is 29.3. The number of nitrogens with zero attached hydrogens (tertiary/aromatic N) is 2. The van der Waals surface area contributed by atoms with E-state index in [0.29, 0.717) is 11.4 Å². The van der Waals surface area contributed by atoms with E-state index in [1.54, 1.807) is 12.2 Å². The molecule has 0 N–H and O–H groups in total. The predicted molar refractivity (Wildman–Crippen MR) is 111 cm³/mol. The standard InChI is InChI=1S/C24H26N2O2/c1-5-11-24(21-12-18(25-15-27)8-7-17(21)6-2)14-23(3,4)22-13-19(26-16-28)9-10-20(22)24/h7-10,12-13H,5-6,11,14H2,1-4H3. The maximum Gasteiger partial charge on any atom is 0.240 e. The van der Waals surface area contributed by atoms with Crippen LogP contribution in [0.15, 0.2) is 46.4 Å². The third-order valence-electron chi connectivity index (χ3n) is 6.01. The van der Waals surface area contributed by atoms with Gasteiger partial charge in [0.25, 0.3) is 0 Å². The summed E-state index contributed by atoms with van der Waals surface area (Å²) in [6.07, 6.45) is 7.22. The summed E-state index contributed by atoms with van der Waals surface area (Å²) < 4.78 is 0. The summed E-state index contributed by atoms with van der Waals surface area (Å²) in [5.74, 6) is 0. The number of rotatable bonds is 6. The zero-order chi connectivity index (χ0) is 20.4. The molecule has 144 valence electrons. The molecule has 0 aromatic heterocycles. The monoisotopic (exact) mass is 374 g/mol. The topological polar surface area (TPSA) is 58.9 Å². The Hall–Kier alpha value is -2.80. The lowest BCUT2D eigenvalue weighted by Gasteiger charge is -2.35. The Bertz CT molecular complexity index is 996. The van der Waals surface area contributed by atoms with Crippen LogP contribution < -0.4 is 0 Å². The summed E-state index contributed by atoms with van der Waals surface area (Å²) in [6.45, 7) is 8.86. The average Bonchev–Trinajstić information content (AvgIpc) is 2.90. The first-order valence-corrected chi connectivity index (χ1v) is 9.86. The number of fused-ring (bicyclic) bond motifs is 1. The first-order valence-electron chi connectivity index (χ1n) is 9.86. The van der Waals surface area contributed by atoms with Crippen LogP contribution in [0.1, 0.15) is 69.2 Å².